The molecule has 1 fully saturated rings. The van der Waals surface area contributed by atoms with Gasteiger partial charge < -0.3 is 14.4 Å². The molecule has 1 aromatic heterocycles. The van der Waals surface area contributed by atoms with Crippen LogP contribution in [-0.2, 0) is 4.74 Å². The van der Waals surface area contributed by atoms with Gasteiger partial charge in [0.15, 0.2) is 0 Å². The number of aryl methyl sites for hydroxylation is 1. The van der Waals surface area contributed by atoms with E-state index in [2.05, 4.69) is 6.07 Å². The Labute approximate surface area is 194 Å². The number of amides is 1. The lowest BCUT2D eigenvalue weighted by Gasteiger charge is -2.33. The van der Waals surface area contributed by atoms with E-state index in [9.17, 15) is 9.18 Å². The molecule has 5 nitrogen and oxygen atoms in total. The predicted molar refractivity (Wildman–Crippen MR) is 126 cm³/mol. The van der Waals surface area contributed by atoms with Gasteiger partial charge in [-0.25, -0.2) is 4.39 Å². The lowest BCUT2D eigenvalue weighted by atomic mass is 9.92. The second-order valence-electron chi connectivity index (χ2n) is 8.38. The predicted octanol–water partition coefficient (Wildman–Crippen LogP) is 5.24. The van der Waals surface area contributed by atoms with Gasteiger partial charge in [0, 0.05) is 43.1 Å². The fraction of sp³-hybridized carbons (Fsp3) is 0.333. The van der Waals surface area contributed by atoms with E-state index >= 15 is 0 Å². The minimum absolute atomic E-state index is 0.0227. The van der Waals surface area contributed by atoms with Gasteiger partial charge in [0.25, 0.3) is 5.91 Å². The minimum atomic E-state index is -0.249. The van der Waals surface area contributed by atoms with Gasteiger partial charge >= 0.3 is 0 Å². The van der Waals surface area contributed by atoms with E-state index in [-0.39, 0.29) is 17.6 Å². The van der Waals surface area contributed by atoms with Gasteiger partial charge in [-0.05, 0) is 79.4 Å². The second kappa shape index (κ2) is 10.6. The first kappa shape index (κ1) is 22.9. The Bertz CT molecular complexity index is 1080. The maximum atomic E-state index is 13.3. The summed E-state index contributed by atoms with van der Waals surface area (Å²) in [6.45, 7) is 4.33. The summed E-state index contributed by atoms with van der Waals surface area (Å²) in [4.78, 5) is 19.8. The minimum Gasteiger partial charge on any atom is -0.491 e. The molecule has 0 bridgehead atoms. The van der Waals surface area contributed by atoms with Crippen LogP contribution in [0.5, 0.6) is 5.75 Å². The van der Waals surface area contributed by atoms with Gasteiger partial charge in [0.1, 0.15) is 18.2 Å². The first-order chi connectivity index (χ1) is 16.0. The molecular weight excluding hydrogens is 419 g/mol. The molecule has 0 radical (unpaired) electrons. The number of likely N-dealkylation sites (tertiary alicyclic amines) is 1. The van der Waals surface area contributed by atoms with Crippen molar-refractivity contribution in [3.8, 4) is 16.9 Å². The van der Waals surface area contributed by atoms with Crippen LogP contribution in [0.4, 0.5) is 4.39 Å². The Morgan fingerprint density at radius 3 is 2.55 bits per heavy atom. The fourth-order valence-corrected chi connectivity index (χ4v) is 4.23. The largest absolute Gasteiger partial charge is 0.491 e. The van der Waals surface area contributed by atoms with Crippen LogP contribution in [-0.4, -0.2) is 49.2 Å². The van der Waals surface area contributed by atoms with Crippen molar-refractivity contribution in [2.45, 2.75) is 25.7 Å². The molecule has 0 spiro atoms. The van der Waals surface area contributed by atoms with Gasteiger partial charge in [-0.3, -0.25) is 9.78 Å². The molecule has 1 atom stereocenters. The third kappa shape index (κ3) is 5.76. The molecule has 172 valence electrons. The maximum Gasteiger partial charge on any atom is 0.253 e. The number of hydrogen-bond donors (Lipinski definition) is 0. The number of piperidine rings is 1. The summed E-state index contributed by atoms with van der Waals surface area (Å²) in [5, 5.41) is 0. The van der Waals surface area contributed by atoms with Crippen molar-refractivity contribution < 1.29 is 18.7 Å². The highest BCUT2D eigenvalue weighted by molar-refractivity contribution is 5.94. The molecule has 2 aromatic carbocycles. The van der Waals surface area contributed by atoms with Gasteiger partial charge in [-0.2, -0.15) is 0 Å². The third-order valence-electron chi connectivity index (χ3n) is 5.94. The van der Waals surface area contributed by atoms with Crippen molar-refractivity contribution in [3.63, 3.8) is 0 Å². The number of aromatic nitrogens is 1. The molecule has 6 heteroatoms. The summed E-state index contributed by atoms with van der Waals surface area (Å²) in [7, 11) is 1.63. The van der Waals surface area contributed by atoms with Crippen LogP contribution in [0.25, 0.3) is 11.1 Å². The monoisotopic (exact) mass is 448 g/mol. The van der Waals surface area contributed by atoms with E-state index in [0.717, 1.165) is 47.7 Å². The molecule has 1 unspecified atom stereocenters. The summed E-state index contributed by atoms with van der Waals surface area (Å²) in [5.41, 5.74) is 4.52. The highest BCUT2D eigenvalue weighted by Crippen LogP contribution is 2.30. The molecule has 1 aliphatic heterocycles. The van der Waals surface area contributed by atoms with Crippen molar-refractivity contribution in [2.24, 2.45) is 0 Å². The van der Waals surface area contributed by atoms with Gasteiger partial charge in [0.05, 0.1) is 6.61 Å². The molecule has 2 heterocycles. The standard InChI is InChI=1S/C27H29FN2O3/c1-19-16-23(20-5-9-24(28)10-6-20)17-26(29-19)22-4-3-13-30(18-22)27(31)21-7-11-25(12-8-21)33-15-14-32-2/h5-12,16-17,22H,3-4,13-15,18H2,1-2H3. The van der Waals surface area contributed by atoms with Crippen LogP contribution in [0.2, 0.25) is 0 Å². The quantitative estimate of drug-likeness (QED) is 0.464. The lowest BCUT2D eigenvalue weighted by Crippen LogP contribution is -2.39. The van der Waals surface area contributed by atoms with Crippen LogP contribution < -0.4 is 4.74 Å². The number of carbonyl (C=O) groups excluding carboxylic acids is 1. The highest BCUT2D eigenvalue weighted by Gasteiger charge is 2.27. The van der Waals surface area contributed by atoms with Crippen LogP contribution >= 0.6 is 0 Å². The molecule has 1 saturated heterocycles. The molecule has 33 heavy (non-hydrogen) atoms. The van der Waals surface area contributed by atoms with Gasteiger partial charge in [-0.15, -0.1) is 0 Å². The number of rotatable bonds is 7. The number of pyridine rings is 1. The van der Waals surface area contributed by atoms with E-state index in [1.807, 2.05) is 42.2 Å². The summed E-state index contributed by atoms with van der Waals surface area (Å²) < 4.78 is 23.9. The average molecular weight is 449 g/mol. The SMILES string of the molecule is COCCOc1ccc(C(=O)N2CCCC(c3cc(-c4ccc(F)cc4)cc(C)n3)C2)cc1. The summed E-state index contributed by atoms with van der Waals surface area (Å²) in [6, 6.07) is 17.9. The Morgan fingerprint density at radius 1 is 1.06 bits per heavy atom. The number of benzene rings is 2. The number of ether oxygens (including phenoxy) is 2. The summed E-state index contributed by atoms with van der Waals surface area (Å²) in [6.07, 6.45) is 1.91. The van der Waals surface area contributed by atoms with E-state index in [4.69, 9.17) is 14.5 Å². The van der Waals surface area contributed by atoms with Crippen molar-refractivity contribution in [1.29, 1.82) is 0 Å². The summed E-state index contributed by atoms with van der Waals surface area (Å²) >= 11 is 0. The zero-order valence-corrected chi connectivity index (χ0v) is 19.1. The number of methoxy groups -OCH3 is 1. The molecule has 1 aliphatic rings. The van der Waals surface area contributed by atoms with Crippen LogP contribution in [0.15, 0.2) is 60.7 Å². The van der Waals surface area contributed by atoms with Crippen molar-refractivity contribution in [2.75, 3.05) is 33.4 Å². The van der Waals surface area contributed by atoms with Crippen LogP contribution in [0.3, 0.4) is 0 Å². The van der Waals surface area contributed by atoms with E-state index < -0.39 is 0 Å². The lowest BCUT2D eigenvalue weighted by molar-refractivity contribution is 0.0706. The normalized spacial score (nSPS) is 16.0. The molecule has 0 saturated carbocycles. The first-order valence-electron chi connectivity index (χ1n) is 11.3. The number of nitrogens with zero attached hydrogens (tertiary/aromatic N) is 2. The van der Waals surface area contributed by atoms with Crippen molar-refractivity contribution in [1.82, 2.24) is 9.88 Å². The molecule has 0 aliphatic carbocycles. The Balaban J connectivity index is 1.47. The smallest absolute Gasteiger partial charge is 0.253 e. The topological polar surface area (TPSA) is 51.7 Å². The number of carbonyl (C=O) groups is 1. The third-order valence-corrected chi connectivity index (χ3v) is 5.94. The molecule has 4 rings (SSSR count). The van der Waals surface area contributed by atoms with Crippen molar-refractivity contribution in [3.05, 3.63) is 83.4 Å². The molecule has 1 amide bonds. The Kier molecular flexibility index (Phi) is 7.35. The molecular formula is C27H29FN2O3. The first-order valence-corrected chi connectivity index (χ1v) is 11.3. The Morgan fingerprint density at radius 2 is 1.82 bits per heavy atom. The van der Waals surface area contributed by atoms with Gasteiger partial charge in [0.2, 0.25) is 0 Å². The van der Waals surface area contributed by atoms with Crippen LogP contribution in [0, 0.1) is 12.7 Å². The van der Waals surface area contributed by atoms with Crippen LogP contribution in [0.1, 0.15) is 40.5 Å². The van der Waals surface area contributed by atoms with E-state index in [0.29, 0.717) is 25.3 Å². The summed E-state index contributed by atoms with van der Waals surface area (Å²) in [5.74, 6) is 0.658. The van der Waals surface area contributed by atoms with Gasteiger partial charge in [-0.1, -0.05) is 12.1 Å². The number of halogens is 1. The highest BCUT2D eigenvalue weighted by atomic mass is 19.1. The zero-order valence-electron chi connectivity index (χ0n) is 19.1. The molecule has 0 N–H and O–H groups in total. The molecule has 3 aromatic rings. The average Bonchev–Trinajstić information content (AvgIpc) is 2.84. The Hall–Kier alpha value is -3.25. The zero-order chi connectivity index (χ0) is 23.2. The van der Waals surface area contributed by atoms with E-state index in [1.54, 1.807) is 19.2 Å². The van der Waals surface area contributed by atoms with E-state index in [1.165, 1.54) is 12.1 Å². The second-order valence-corrected chi connectivity index (χ2v) is 8.38. The maximum absolute atomic E-state index is 13.3. The van der Waals surface area contributed by atoms with Crippen molar-refractivity contribution >= 4 is 5.91 Å². The fourth-order valence-electron chi connectivity index (χ4n) is 4.23. The number of hydrogen-bond acceptors (Lipinski definition) is 4.